The summed E-state index contributed by atoms with van der Waals surface area (Å²) in [4.78, 5) is 39.3. The van der Waals surface area contributed by atoms with Crippen molar-refractivity contribution in [1.82, 2.24) is 0 Å². The van der Waals surface area contributed by atoms with Gasteiger partial charge in [0, 0.05) is 35.2 Å². The predicted molar refractivity (Wildman–Crippen MR) is 208 cm³/mol. The van der Waals surface area contributed by atoms with E-state index in [1.807, 2.05) is 6.92 Å². The molecule has 3 fully saturated rings. The van der Waals surface area contributed by atoms with E-state index in [1.165, 1.54) is 69.9 Å². The third kappa shape index (κ3) is 8.99. The molecule has 0 spiro atoms. The summed E-state index contributed by atoms with van der Waals surface area (Å²) < 4.78 is 39.3. The van der Waals surface area contributed by atoms with E-state index in [1.54, 1.807) is 31.2 Å². The van der Waals surface area contributed by atoms with Crippen LogP contribution in [0.2, 0.25) is 5.02 Å². The molecule has 0 radical (unpaired) electrons. The molecule has 0 amide bonds. The first-order valence-electron chi connectivity index (χ1n) is 20.6. The highest BCUT2D eigenvalue weighted by atomic mass is 35.5. The van der Waals surface area contributed by atoms with Crippen LogP contribution in [0.5, 0.6) is 0 Å². The molecule has 54 heavy (non-hydrogen) atoms. The molecule has 3 saturated carbocycles. The summed E-state index contributed by atoms with van der Waals surface area (Å²) in [6.07, 6.45) is 16.3. The lowest BCUT2D eigenvalue weighted by atomic mass is 9.45. The van der Waals surface area contributed by atoms with Crippen molar-refractivity contribution in [1.29, 1.82) is 0 Å². The molecule has 2 N–H and O–H groups in total. The molecule has 7 nitrogen and oxygen atoms in total. The number of carbonyl (C=O) groups excluding carboxylic acids is 3. The maximum absolute atomic E-state index is 17.8. The summed E-state index contributed by atoms with van der Waals surface area (Å²) >= 11 is 6.07. The van der Waals surface area contributed by atoms with Gasteiger partial charge in [-0.2, -0.15) is 0 Å². The highest BCUT2D eigenvalue weighted by Crippen LogP contribution is 2.70. The number of hydroxylamine groups is 1. The minimum absolute atomic E-state index is 0.00894. The van der Waals surface area contributed by atoms with Crippen LogP contribution in [0.25, 0.3) is 0 Å². The lowest BCUT2D eigenvalue weighted by Crippen LogP contribution is -2.68. The van der Waals surface area contributed by atoms with Gasteiger partial charge in [0.1, 0.15) is 12.8 Å². The van der Waals surface area contributed by atoms with Crippen molar-refractivity contribution in [2.75, 3.05) is 18.2 Å². The van der Waals surface area contributed by atoms with Crippen molar-refractivity contribution in [3.05, 3.63) is 53.1 Å². The second-order valence-corrected chi connectivity index (χ2v) is 17.5. The standard InChI is InChI=1S/C44H62ClF2NO6/c1-4-5-6-7-8-9-10-11-12-13-14-15-16-17-40(52)54-29-38(50)41-30(28-48(53)32-20-18-31(45)19-21-32)24-34-35-26-37(46)36-25-33(49)22-23-43(36,3)44(35,47)39(51)27-42(34,41)2/h18-23,25,30,34-35,37,39,41,51,53H,4-17,24,26-29H2,1-3H3. The van der Waals surface area contributed by atoms with Gasteiger partial charge in [0.2, 0.25) is 0 Å². The zero-order valence-corrected chi connectivity index (χ0v) is 33.3. The molecule has 1 aromatic carbocycles. The summed E-state index contributed by atoms with van der Waals surface area (Å²) in [7, 11) is 0. The first-order chi connectivity index (χ1) is 25.8. The van der Waals surface area contributed by atoms with Gasteiger partial charge >= 0.3 is 5.97 Å². The van der Waals surface area contributed by atoms with Crippen molar-refractivity contribution in [2.24, 2.45) is 34.5 Å². The number of ketones is 2. The predicted octanol–water partition coefficient (Wildman–Crippen LogP) is 10.3. The zero-order valence-electron chi connectivity index (χ0n) is 32.5. The van der Waals surface area contributed by atoms with E-state index in [-0.39, 0.29) is 43.6 Å². The van der Waals surface area contributed by atoms with Crippen LogP contribution in [-0.2, 0) is 19.1 Å². The molecule has 0 heterocycles. The van der Waals surface area contributed by atoms with E-state index in [0.29, 0.717) is 17.1 Å². The Morgan fingerprint density at radius 3 is 2.13 bits per heavy atom. The number of anilines is 1. The van der Waals surface area contributed by atoms with E-state index in [0.717, 1.165) is 30.4 Å². The maximum atomic E-state index is 17.8. The highest BCUT2D eigenvalue weighted by Gasteiger charge is 2.73. The summed E-state index contributed by atoms with van der Waals surface area (Å²) in [5.41, 5.74) is -4.32. The monoisotopic (exact) mass is 773 g/mol. The third-order valence-electron chi connectivity index (χ3n) is 13.5. The minimum Gasteiger partial charge on any atom is -0.458 e. The van der Waals surface area contributed by atoms with Crippen LogP contribution >= 0.6 is 11.6 Å². The van der Waals surface area contributed by atoms with Crippen LogP contribution in [0.3, 0.4) is 0 Å². The van der Waals surface area contributed by atoms with E-state index < -0.39 is 70.8 Å². The number of nitrogens with zero attached hydrogens (tertiary/aromatic N) is 1. The molecule has 300 valence electrons. The Hall–Kier alpha value is -2.62. The van der Waals surface area contributed by atoms with Crippen LogP contribution in [-0.4, -0.2) is 58.9 Å². The summed E-state index contributed by atoms with van der Waals surface area (Å²) in [6.45, 7) is 5.18. The lowest BCUT2D eigenvalue weighted by molar-refractivity contribution is -0.202. The Morgan fingerprint density at radius 2 is 1.52 bits per heavy atom. The minimum atomic E-state index is -2.29. The van der Waals surface area contributed by atoms with Crippen molar-refractivity contribution < 1.29 is 38.2 Å². The Morgan fingerprint density at radius 1 is 0.926 bits per heavy atom. The zero-order chi connectivity index (χ0) is 39.1. The number of ether oxygens (including phenoxy) is 1. The van der Waals surface area contributed by atoms with Gasteiger partial charge in [0.15, 0.2) is 17.2 Å². The molecule has 0 saturated heterocycles. The summed E-state index contributed by atoms with van der Waals surface area (Å²) in [6, 6.07) is 6.58. The second-order valence-electron chi connectivity index (χ2n) is 17.1. The number of unbranched alkanes of at least 4 members (excludes halogenated alkanes) is 12. The van der Waals surface area contributed by atoms with Gasteiger partial charge in [-0.1, -0.05) is 109 Å². The molecule has 9 unspecified atom stereocenters. The van der Waals surface area contributed by atoms with E-state index in [9.17, 15) is 24.7 Å². The fourth-order valence-corrected chi connectivity index (χ4v) is 10.9. The molecule has 0 aromatic heterocycles. The number of hydrogen-bond acceptors (Lipinski definition) is 7. The number of alkyl halides is 2. The molecule has 4 aliphatic carbocycles. The van der Waals surface area contributed by atoms with Gasteiger partial charge in [-0.05, 0) is 91.8 Å². The quantitative estimate of drug-likeness (QED) is 0.0772. The van der Waals surface area contributed by atoms with Crippen LogP contribution in [0.4, 0.5) is 14.5 Å². The number of aliphatic hydroxyl groups excluding tert-OH is 1. The number of aliphatic hydroxyl groups is 1. The van der Waals surface area contributed by atoms with Gasteiger partial charge in [0.05, 0.1) is 11.8 Å². The van der Waals surface area contributed by atoms with Crippen molar-refractivity contribution >= 4 is 34.8 Å². The summed E-state index contributed by atoms with van der Waals surface area (Å²) in [5.74, 6) is -4.04. The molecule has 10 heteroatoms. The number of hydrogen-bond donors (Lipinski definition) is 2. The number of esters is 1. The SMILES string of the molecule is CCCCCCCCCCCCCCCC(=O)OCC(=O)C1C(CN(O)c2ccc(Cl)cc2)CC2C3CC(F)C4=CC(=O)C=CC4(C)C3(F)C(O)CC21C. The number of allylic oxidation sites excluding steroid dienone is 4. The summed E-state index contributed by atoms with van der Waals surface area (Å²) in [5, 5.41) is 24.5. The Labute approximate surface area is 325 Å². The van der Waals surface area contributed by atoms with Gasteiger partial charge in [-0.15, -0.1) is 0 Å². The van der Waals surface area contributed by atoms with Crippen LogP contribution in [0.15, 0.2) is 48.1 Å². The average molecular weight is 774 g/mol. The number of rotatable bonds is 20. The Kier molecular flexibility index (Phi) is 14.6. The van der Waals surface area contributed by atoms with Crippen molar-refractivity contribution in [3.63, 3.8) is 0 Å². The van der Waals surface area contributed by atoms with E-state index in [2.05, 4.69) is 6.92 Å². The van der Waals surface area contributed by atoms with Crippen molar-refractivity contribution in [2.45, 2.75) is 148 Å². The Bertz CT molecular complexity index is 1520. The van der Waals surface area contributed by atoms with Gasteiger partial charge < -0.3 is 9.84 Å². The van der Waals surface area contributed by atoms with Crippen LogP contribution < -0.4 is 5.06 Å². The molecule has 0 bridgehead atoms. The smallest absolute Gasteiger partial charge is 0.306 e. The Balaban J connectivity index is 1.21. The van der Waals surface area contributed by atoms with Crippen LogP contribution in [0, 0.1) is 34.5 Å². The first-order valence-corrected chi connectivity index (χ1v) is 21.0. The molecule has 4 aliphatic rings. The first kappa shape index (κ1) is 42.5. The van der Waals surface area contributed by atoms with Crippen LogP contribution in [0.1, 0.15) is 130 Å². The number of halogens is 3. The van der Waals surface area contributed by atoms with Gasteiger partial charge in [-0.3, -0.25) is 24.7 Å². The largest absolute Gasteiger partial charge is 0.458 e. The lowest BCUT2D eigenvalue weighted by Gasteiger charge is -2.62. The molecule has 5 rings (SSSR count). The number of fused-ring (bicyclic) bond motifs is 5. The number of benzene rings is 1. The van der Waals surface area contributed by atoms with Crippen molar-refractivity contribution in [3.8, 4) is 0 Å². The second kappa shape index (κ2) is 18.5. The maximum Gasteiger partial charge on any atom is 0.306 e. The average Bonchev–Trinajstić information content (AvgIpc) is 3.42. The fourth-order valence-electron chi connectivity index (χ4n) is 10.7. The fraction of sp³-hybridized carbons (Fsp3) is 0.705. The molecular formula is C44H62ClF2NO6. The van der Waals surface area contributed by atoms with E-state index in [4.69, 9.17) is 16.3 Å². The van der Waals surface area contributed by atoms with Gasteiger partial charge in [0.25, 0.3) is 0 Å². The molecule has 1 aromatic rings. The topological polar surface area (TPSA) is 104 Å². The number of Topliss-reactive ketones (excluding diaryl/α,β-unsaturated/α-hetero) is 1. The molecule has 9 atom stereocenters. The highest BCUT2D eigenvalue weighted by molar-refractivity contribution is 6.30. The molecular weight excluding hydrogens is 712 g/mol. The third-order valence-corrected chi connectivity index (χ3v) is 13.8. The van der Waals surface area contributed by atoms with E-state index >= 15 is 8.78 Å². The van der Waals surface area contributed by atoms with Gasteiger partial charge in [-0.25, -0.2) is 8.78 Å². The number of carbonyl (C=O) groups is 3. The molecule has 0 aliphatic heterocycles. The normalized spacial score (nSPS) is 32.7.